The van der Waals surface area contributed by atoms with E-state index in [9.17, 15) is 4.79 Å². The van der Waals surface area contributed by atoms with Crippen molar-refractivity contribution in [3.05, 3.63) is 0 Å². The van der Waals surface area contributed by atoms with E-state index in [0.717, 1.165) is 26.1 Å². The van der Waals surface area contributed by atoms with Crippen LogP contribution in [-0.4, -0.2) is 37.0 Å². The lowest BCUT2D eigenvalue weighted by atomic mass is 9.75. The summed E-state index contributed by atoms with van der Waals surface area (Å²) in [4.78, 5) is 12.4. The van der Waals surface area contributed by atoms with Crippen LogP contribution in [0.4, 0.5) is 0 Å². The number of hydrogen-bond donors (Lipinski definition) is 2. The van der Waals surface area contributed by atoms with E-state index >= 15 is 0 Å². The minimum Gasteiger partial charge on any atom is -0.355 e. The van der Waals surface area contributed by atoms with Gasteiger partial charge in [0.2, 0.25) is 5.91 Å². The van der Waals surface area contributed by atoms with Crippen molar-refractivity contribution >= 4 is 17.7 Å². The zero-order chi connectivity index (χ0) is 12.3. The van der Waals surface area contributed by atoms with Crippen LogP contribution in [0.2, 0.25) is 0 Å². The van der Waals surface area contributed by atoms with Crippen LogP contribution in [0.15, 0.2) is 0 Å². The first-order valence-electron chi connectivity index (χ1n) is 6.72. The minimum atomic E-state index is -0.161. The molecule has 2 rings (SSSR count). The monoisotopic (exact) mass is 256 g/mol. The topological polar surface area (TPSA) is 41.1 Å². The van der Waals surface area contributed by atoms with Gasteiger partial charge >= 0.3 is 0 Å². The maximum Gasteiger partial charge on any atom is 0.227 e. The molecule has 0 aromatic heterocycles. The first-order valence-corrected chi connectivity index (χ1v) is 7.87. The summed E-state index contributed by atoms with van der Waals surface area (Å²) in [5.74, 6) is 3.86. The third-order valence-electron chi connectivity index (χ3n) is 4.32. The molecule has 2 aliphatic rings. The molecular weight excluding hydrogens is 232 g/mol. The Morgan fingerprint density at radius 1 is 1.59 bits per heavy atom. The Morgan fingerprint density at radius 2 is 2.41 bits per heavy atom. The Morgan fingerprint density at radius 3 is 2.94 bits per heavy atom. The van der Waals surface area contributed by atoms with Crippen molar-refractivity contribution in [2.45, 2.75) is 26.7 Å². The highest BCUT2D eigenvalue weighted by atomic mass is 32.2. The van der Waals surface area contributed by atoms with E-state index < -0.39 is 0 Å². The molecule has 4 heteroatoms. The lowest BCUT2D eigenvalue weighted by Gasteiger charge is -2.31. The number of amides is 1. The van der Waals surface area contributed by atoms with E-state index in [1.165, 1.54) is 17.9 Å². The number of carbonyl (C=O) groups excluding carboxylic acids is 1. The predicted molar refractivity (Wildman–Crippen MR) is 73.2 cm³/mol. The van der Waals surface area contributed by atoms with Gasteiger partial charge in [0.05, 0.1) is 5.41 Å². The zero-order valence-electron chi connectivity index (χ0n) is 10.9. The Balaban J connectivity index is 1.88. The number of nitrogens with one attached hydrogen (secondary N) is 2. The quantitative estimate of drug-likeness (QED) is 0.801. The molecule has 0 aromatic rings. The standard InChI is InChI=1S/C13H24N2OS/c1-10(2)13(4-5-14-9-13)12(16)15-7-11-3-6-17-8-11/h10-11,14H,3-9H2,1-2H3,(H,15,16). The molecule has 98 valence electrons. The second-order valence-electron chi connectivity index (χ2n) is 5.68. The average molecular weight is 256 g/mol. The molecule has 0 aliphatic carbocycles. The van der Waals surface area contributed by atoms with Crippen molar-refractivity contribution in [1.82, 2.24) is 10.6 Å². The molecule has 0 spiro atoms. The van der Waals surface area contributed by atoms with Crippen LogP contribution in [0.25, 0.3) is 0 Å². The zero-order valence-corrected chi connectivity index (χ0v) is 11.7. The molecular formula is C13H24N2OS. The van der Waals surface area contributed by atoms with Crippen molar-refractivity contribution in [3.8, 4) is 0 Å². The van der Waals surface area contributed by atoms with Gasteiger partial charge in [-0.2, -0.15) is 11.8 Å². The van der Waals surface area contributed by atoms with Crippen LogP contribution < -0.4 is 10.6 Å². The van der Waals surface area contributed by atoms with Crippen molar-refractivity contribution in [3.63, 3.8) is 0 Å². The fourth-order valence-corrected chi connectivity index (χ4v) is 4.10. The highest BCUT2D eigenvalue weighted by molar-refractivity contribution is 7.99. The van der Waals surface area contributed by atoms with Crippen molar-refractivity contribution in [2.24, 2.45) is 17.3 Å². The minimum absolute atomic E-state index is 0.161. The molecule has 3 nitrogen and oxygen atoms in total. The Hall–Kier alpha value is -0.220. The summed E-state index contributed by atoms with van der Waals surface area (Å²) in [5.41, 5.74) is -0.161. The fraction of sp³-hybridized carbons (Fsp3) is 0.923. The van der Waals surface area contributed by atoms with Crippen LogP contribution in [0.5, 0.6) is 0 Å². The molecule has 0 saturated carbocycles. The second kappa shape index (κ2) is 5.61. The van der Waals surface area contributed by atoms with Gasteiger partial charge in [-0.3, -0.25) is 4.79 Å². The average Bonchev–Trinajstić information content (AvgIpc) is 2.97. The van der Waals surface area contributed by atoms with Gasteiger partial charge in [-0.25, -0.2) is 0 Å². The summed E-state index contributed by atoms with van der Waals surface area (Å²) in [6, 6.07) is 0. The number of carbonyl (C=O) groups is 1. The summed E-state index contributed by atoms with van der Waals surface area (Å²) in [5, 5.41) is 6.53. The van der Waals surface area contributed by atoms with Crippen LogP contribution in [-0.2, 0) is 4.79 Å². The lowest BCUT2D eigenvalue weighted by molar-refractivity contribution is -0.132. The van der Waals surface area contributed by atoms with Crippen LogP contribution >= 0.6 is 11.8 Å². The van der Waals surface area contributed by atoms with Crippen LogP contribution in [0.3, 0.4) is 0 Å². The molecule has 1 amide bonds. The van der Waals surface area contributed by atoms with Gasteiger partial charge in [-0.15, -0.1) is 0 Å². The SMILES string of the molecule is CC(C)C1(C(=O)NCC2CCSC2)CCNC1. The normalized spacial score (nSPS) is 33.2. The molecule has 0 aromatic carbocycles. The largest absolute Gasteiger partial charge is 0.355 e. The van der Waals surface area contributed by atoms with E-state index in [2.05, 4.69) is 24.5 Å². The molecule has 2 atom stereocenters. The van der Waals surface area contributed by atoms with Gasteiger partial charge in [0.25, 0.3) is 0 Å². The summed E-state index contributed by atoms with van der Waals surface area (Å²) < 4.78 is 0. The van der Waals surface area contributed by atoms with Gasteiger partial charge in [0.1, 0.15) is 0 Å². The second-order valence-corrected chi connectivity index (χ2v) is 6.83. The molecule has 2 fully saturated rings. The van der Waals surface area contributed by atoms with E-state index in [1.807, 2.05) is 11.8 Å². The first kappa shape index (κ1) is 13.2. The molecule has 2 heterocycles. The molecule has 2 aliphatic heterocycles. The number of rotatable bonds is 4. The summed E-state index contributed by atoms with van der Waals surface area (Å²) in [6.07, 6.45) is 2.24. The maximum absolute atomic E-state index is 12.4. The van der Waals surface area contributed by atoms with Gasteiger partial charge in [-0.05, 0) is 42.7 Å². The predicted octanol–water partition coefficient (Wildman–Crippen LogP) is 1.49. The van der Waals surface area contributed by atoms with E-state index in [4.69, 9.17) is 0 Å². The third-order valence-corrected chi connectivity index (χ3v) is 5.55. The fourth-order valence-electron chi connectivity index (χ4n) is 2.82. The lowest BCUT2D eigenvalue weighted by Crippen LogP contribution is -2.47. The van der Waals surface area contributed by atoms with Gasteiger partial charge in [0.15, 0.2) is 0 Å². The molecule has 2 N–H and O–H groups in total. The molecule has 2 saturated heterocycles. The molecule has 17 heavy (non-hydrogen) atoms. The molecule has 2 unspecified atom stereocenters. The number of thioether (sulfide) groups is 1. The van der Waals surface area contributed by atoms with Crippen LogP contribution in [0.1, 0.15) is 26.7 Å². The Bertz CT molecular complexity index is 269. The van der Waals surface area contributed by atoms with Crippen molar-refractivity contribution in [1.29, 1.82) is 0 Å². The Kier molecular flexibility index (Phi) is 4.36. The first-order chi connectivity index (χ1) is 8.15. The smallest absolute Gasteiger partial charge is 0.227 e. The van der Waals surface area contributed by atoms with Gasteiger partial charge < -0.3 is 10.6 Å². The maximum atomic E-state index is 12.4. The van der Waals surface area contributed by atoms with E-state index in [0.29, 0.717) is 11.8 Å². The third kappa shape index (κ3) is 2.79. The summed E-state index contributed by atoms with van der Waals surface area (Å²) >= 11 is 2.01. The van der Waals surface area contributed by atoms with Crippen molar-refractivity contribution < 1.29 is 4.79 Å². The number of hydrogen-bond acceptors (Lipinski definition) is 3. The van der Waals surface area contributed by atoms with Crippen molar-refractivity contribution in [2.75, 3.05) is 31.1 Å². The van der Waals surface area contributed by atoms with Gasteiger partial charge in [-0.1, -0.05) is 13.8 Å². The van der Waals surface area contributed by atoms with Crippen LogP contribution in [0, 0.1) is 17.3 Å². The van der Waals surface area contributed by atoms with E-state index in [1.54, 1.807) is 0 Å². The Labute approximate surface area is 108 Å². The van der Waals surface area contributed by atoms with E-state index in [-0.39, 0.29) is 11.3 Å². The van der Waals surface area contributed by atoms with Gasteiger partial charge in [0, 0.05) is 13.1 Å². The highest BCUT2D eigenvalue weighted by Gasteiger charge is 2.43. The summed E-state index contributed by atoms with van der Waals surface area (Å²) in [6.45, 7) is 7.02. The summed E-state index contributed by atoms with van der Waals surface area (Å²) in [7, 11) is 0. The molecule has 0 radical (unpaired) electrons. The molecule has 0 bridgehead atoms. The highest BCUT2D eigenvalue weighted by Crippen LogP contribution is 2.34.